The van der Waals surface area contributed by atoms with Crippen molar-refractivity contribution in [2.24, 2.45) is 5.73 Å². The Hall–Kier alpha value is -1.04. The van der Waals surface area contributed by atoms with E-state index in [1.165, 1.54) is 0 Å². The highest BCUT2D eigenvalue weighted by atomic mass is 16.3. The maximum atomic E-state index is 9.01. The van der Waals surface area contributed by atoms with Crippen LogP contribution in [0.2, 0.25) is 0 Å². The molecule has 3 N–H and O–H groups in total. The van der Waals surface area contributed by atoms with Crippen LogP contribution in [0.15, 0.2) is 12.3 Å². The number of piperidine rings is 1. The first-order valence-electron chi connectivity index (χ1n) is 6.08. The summed E-state index contributed by atoms with van der Waals surface area (Å²) in [7, 11) is 2.14. The van der Waals surface area contributed by atoms with Gasteiger partial charge < -0.3 is 15.7 Å². The molecule has 0 bridgehead atoms. The van der Waals surface area contributed by atoms with E-state index in [-0.39, 0.29) is 6.61 Å². The van der Waals surface area contributed by atoms with Gasteiger partial charge in [0.05, 0.1) is 12.6 Å². The molecular formula is C12H20N4O. The maximum Gasteiger partial charge on any atom is 0.147 e. The lowest BCUT2D eigenvalue weighted by atomic mass is 9.93. The van der Waals surface area contributed by atoms with Crippen molar-refractivity contribution in [3.05, 3.63) is 23.8 Å². The second-order valence-electron chi connectivity index (χ2n) is 4.71. The number of aliphatic hydroxyl groups is 1. The minimum atomic E-state index is -0.471. The summed E-state index contributed by atoms with van der Waals surface area (Å²) in [6, 6.07) is 1.49. The van der Waals surface area contributed by atoms with Gasteiger partial charge in [-0.3, -0.25) is 0 Å². The van der Waals surface area contributed by atoms with Crippen LogP contribution in [0.1, 0.15) is 36.3 Å². The van der Waals surface area contributed by atoms with Gasteiger partial charge in [-0.15, -0.1) is 0 Å². The van der Waals surface area contributed by atoms with E-state index in [0.29, 0.717) is 11.7 Å². The predicted octanol–water partition coefficient (Wildman–Crippen LogP) is 0.278. The normalized spacial score (nSPS) is 20.4. The summed E-state index contributed by atoms with van der Waals surface area (Å²) in [5.74, 6) is 1.04. The van der Waals surface area contributed by atoms with Gasteiger partial charge in [0, 0.05) is 17.8 Å². The smallest absolute Gasteiger partial charge is 0.147 e. The lowest BCUT2D eigenvalue weighted by Crippen LogP contribution is -2.30. The van der Waals surface area contributed by atoms with Gasteiger partial charge in [0.25, 0.3) is 0 Å². The first-order valence-corrected chi connectivity index (χ1v) is 6.08. The van der Waals surface area contributed by atoms with E-state index < -0.39 is 6.04 Å². The van der Waals surface area contributed by atoms with Crippen LogP contribution in [0.3, 0.4) is 0 Å². The first-order chi connectivity index (χ1) is 8.20. The second-order valence-corrected chi connectivity index (χ2v) is 4.71. The number of likely N-dealkylation sites (tertiary alicyclic amines) is 1. The van der Waals surface area contributed by atoms with Gasteiger partial charge in [0.2, 0.25) is 0 Å². The molecule has 1 aliphatic heterocycles. The number of rotatable bonds is 3. The fraction of sp³-hybridized carbons (Fsp3) is 0.667. The van der Waals surface area contributed by atoms with Gasteiger partial charge in [-0.05, 0) is 39.0 Å². The van der Waals surface area contributed by atoms with Crippen LogP contribution >= 0.6 is 0 Å². The number of aliphatic hydroxyl groups excluding tert-OH is 1. The molecule has 2 heterocycles. The standard InChI is InChI=1S/C12H20N4O/c1-16-6-3-9(4-7-16)11-2-5-14-12(15-11)10(13)8-17/h2,5,9-10,17H,3-4,6-8,13H2,1H3. The third-order valence-electron chi connectivity index (χ3n) is 3.36. The molecule has 1 unspecified atom stereocenters. The Morgan fingerprint density at radius 2 is 2.24 bits per heavy atom. The van der Waals surface area contributed by atoms with Crippen molar-refractivity contribution in [1.29, 1.82) is 0 Å². The van der Waals surface area contributed by atoms with Gasteiger partial charge in [-0.2, -0.15) is 0 Å². The zero-order chi connectivity index (χ0) is 12.3. The summed E-state index contributed by atoms with van der Waals surface area (Å²) in [5, 5.41) is 9.01. The molecule has 2 rings (SSSR count). The van der Waals surface area contributed by atoms with Crippen molar-refractivity contribution < 1.29 is 5.11 Å². The van der Waals surface area contributed by atoms with E-state index in [1.807, 2.05) is 6.07 Å². The molecule has 17 heavy (non-hydrogen) atoms. The van der Waals surface area contributed by atoms with Crippen molar-refractivity contribution in [3.63, 3.8) is 0 Å². The fourth-order valence-corrected chi connectivity index (χ4v) is 2.18. The van der Waals surface area contributed by atoms with E-state index in [0.717, 1.165) is 31.6 Å². The van der Waals surface area contributed by atoms with Gasteiger partial charge in [-0.25, -0.2) is 9.97 Å². The van der Waals surface area contributed by atoms with E-state index >= 15 is 0 Å². The number of nitrogens with zero attached hydrogens (tertiary/aromatic N) is 3. The Balaban J connectivity index is 2.10. The molecule has 0 radical (unpaired) electrons. The van der Waals surface area contributed by atoms with Crippen molar-refractivity contribution in [1.82, 2.24) is 14.9 Å². The predicted molar refractivity (Wildman–Crippen MR) is 65.5 cm³/mol. The van der Waals surface area contributed by atoms with Crippen LogP contribution in [0, 0.1) is 0 Å². The van der Waals surface area contributed by atoms with E-state index in [4.69, 9.17) is 10.8 Å². The summed E-state index contributed by atoms with van der Waals surface area (Å²) >= 11 is 0. The molecule has 5 heteroatoms. The average molecular weight is 236 g/mol. The van der Waals surface area contributed by atoms with Crippen LogP contribution in [0.5, 0.6) is 0 Å². The number of hydrogen-bond donors (Lipinski definition) is 2. The minimum absolute atomic E-state index is 0.114. The van der Waals surface area contributed by atoms with Crippen molar-refractivity contribution in [2.75, 3.05) is 26.7 Å². The van der Waals surface area contributed by atoms with Crippen molar-refractivity contribution in [2.45, 2.75) is 24.8 Å². The largest absolute Gasteiger partial charge is 0.394 e. The molecule has 0 amide bonds. The molecule has 0 spiro atoms. The van der Waals surface area contributed by atoms with Crippen LogP contribution in [0.4, 0.5) is 0 Å². The molecule has 0 aromatic carbocycles. The minimum Gasteiger partial charge on any atom is -0.394 e. The monoisotopic (exact) mass is 236 g/mol. The van der Waals surface area contributed by atoms with Gasteiger partial charge in [-0.1, -0.05) is 0 Å². The Labute approximate surface area is 102 Å². The molecular weight excluding hydrogens is 216 g/mol. The highest BCUT2D eigenvalue weighted by molar-refractivity contribution is 5.11. The zero-order valence-corrected chi connectivity index (χ0v) is 10.2. The van der Waals surface area contributed by atoms with Gasteiger partial charge in [0.15, 0.2) is 0 Å². The Kier molecular flexibility index (Phi) is 4.04. The Morgan fingerprint density at radius 3 is 2.88 bits per heavy atom. The third kappa shape index (κ3) is 3.00. The summed E-state index contributed by atoms with van der Waals surface area (Å²) in [6.07, 6.45) is 3.99. The first kappa shape index (κ1) is 12.4. The Bertz CT molecular complexity index is 363. The lowest BCUT2D eigenvalue weighted by Gasteiger charge is -2.28. The number of aromatic nitrogens is 2. The topological polar surface area (TPSA) is 75.3 Å². The average Bonchev–Trinajstić information content (AvgIpc) is 2.39. The van der Waals surface area contributed by atoms with Gasteiger partial charge >= 0.3 is 0 Å². The van der Waals surface area contributed by atoms with Crippen molar-refractivity contribution in [3.8, 4) is 0 Å². The van der Waals surface area contributed by atoms with Crippen LogP contribution in [-0.4, -0.2) is 46.7 Å². The van der Waals surface area contributed by atoms with Gasteiger partial charge in [0.1, 0.15) is 5.82 Å². The van der Waals surface area contributed by atoms with E-state index in [2.05, 4.69) is 21.9 Å². The summed E-state index contributed by atoms with van der Waals surface area (Å²) in [5.41, 5.74) is 6.79. The third-order valence-corrected chi connectivity index (χ3v) is 3.36. The van der Waals surface area contributed by atoms with E-state index in [9.17, 15) is 0 Å². The SMILES string of the molecule is CN1CCC(c2ccnc(C(N)CO)n2)CC1. The Morgan fingerprint density at radius 1 is 1.53 bits per heavy atom. The molecule has 1 saturated heterocycles. The molecule has 0 aliphatic carbocycles. The molecule has 1 atom stereocenters. The molecule has 5 nitrogen and oxygen atoms in total. The molecule has 1 aromatic rings. The van der Waals surface area contributed by atoms with Crippen LogP contribution < -0.4 is 5.73 Å². The van der Waals surface area contributed by atoms with Crippen LogP contribution in [-0.2, 0) is 0 Å². The highest BCUT2D eigenvalue weighted by Crippen LogP contribution is 2.26. The quantitative estimate of drug-likeness (QED) is 0.788. The lowest BCUT2D eigenvalue weighted by molar-refractivity contribution is 0.251. The number of nitrogens with two attached hydrogens (primary N) is 1. The zero-order valence-electron chi connectivity index (χ0n) is 10.2. The summed E-state index contributed by atoms with van der Waals surface area (Å²) in [4.78, 5) is 10.9. The molecule has 1 aromatic heterocycles. The molecule has 0 saturated carbocycles. The fourth-order valence-electron chi connectivity index (χ4n) is 2.18. The number of hydrogen-bond acceptors (Lipinski definition) is 5. The van der Waals surface area contributed by atoms with Crippen LogP contribution in [0.25, 0.3) is 0 Å². The molecule has 1 aliphatic rings. The highest BCUT2D eigenvalue weighted by Gasteiger charge is 2.20. The molecule has 94 valence electrons. The summed E-state index contributed by atoms with van der Waals surface area (Å²) in [6.45, 7) is 2.10. The maximum absolute atomic E-state index is 9.01. The second kappa shape index (κ2) is 5.53. The van der Waals surface area contributed by atoms with E-state index in [1.54, 1.807) is 6.20 Å². The van der Waals surface area contributed by atoms with Crippen molar-refractivity contribution >= 4 is 0 Å². The summed E-state index contributed by atoms with van der Waals surface area (Å²) < 4.78 is 0. The molecule has 1 fully saturated rings.